The molecule has 0 spiro atoms. The fourth-order valence-corrected chi connectivity index (χ4v) is 3.95. The second-order valence-electron chi connectivity index (χ2n) is 9.05. The fraction of sp³-hybridized carbons (Fsp3) is 0.926. The number of unbranched alkanes of at least 4 members (excludes halogenated alkanes) is 13. The summed E-state index contributed by atoms with van der Waals surface area (Å²) in [5, 5.41) is 0. The number of aliphatic imine (C=N–C) groups is 2. The maximum Gasteiger partial charge on any atom is 0.183 e. The summed E-state index contributed by atoms with van der Waals surface area (Å²) in [6.45, 7) is 8.26. The van der Waals surface area contributed by atoms with Crippen LogP contribution in [0.1, 0.15) is 136 Å². The zero-order chi connectivity index (χ0) is 22.2. The van der Waals surface area contributed by atoms with Gasteiger partial charge in [0.1, 0.15) is 0 Å². The second-order valence-corrected chi connectivity index (χ2v) is 9.05. The summed E-state index contributed by atoms with van der Waals surface area (Å²) in [6.07, 6.45) is 24.8. The van der Waals surface area contributed by atoms with Crippen LogP contribution in [0.4, 0.5) is 0 Å². The standard InChI is InChI=1S/C14H27NO.C13H25NO/c1-2-3-4-5-6-7-8-9-11-14-15-12-10-13-16-14;1-2-3-4-5-6-7-8-10-13-14-11-9-12-15-13/h2-13H2,1H3;2-12H2,1H3. The Hall–Kier alpha value is -1.06. The molecule has 4 heteroatoms. The largest absolute Gasteiger partial charge is 0.481 e. The molecule has 0 radical (unpaired) electrons. The minimum atomic E-state index is 0.884. The molecule has 0 saturated heterocycles. The van der Waals surface area contributed by atoms with Gasteiger partial charge in [0.15, 0.2) is 11.8 Å². The quantitative estimate of drug-likeness (QED) is 0.215. The minimum absolute atomic E-state index is 0.884. The molecule has 2 rings (SSSR count). The molecule has 0 amide bonds. The topological polar surface area (TPSA) is 43.2 Å². The highest BCUT2D eigenvalue weighted by Gasteiger charge is 2.05. The summed E-state index contributed by atoms with van der Waals surface area (Å²) in [5.41, 5.74) is 0. The van der Waals surface area contributed by atoms with Crippen LogP contribution in [-0.2, 0) is 9.47 Å². The Kier molecular flexibility index (Phi) is 20.0. The molecule has 0 atom stereocenters. The van der Waals surface area contributed by atoms with Crippen LogP contribution in [0, 0.1) is 0 Å². The van der Waals surface area contributed by atoms with Crippen LogP contribution in [0.2, 0.25) is 0 Å². The maximum atomic E-state index is 5.49. The van der Waals surface area contributed by atoms with Crippen LogP contribution in [0.3, 0.4) is 0 Å². The SMILES string of the molecule is CCCCCCCCCC1=NCCCO1.CCCCCCCCCCC1=NCCCO1. The first kappa shape index (κ1) is 28.0. The summed E-state index contributed by atoms with van der Waals surface area (Å²) in [4.78, 5) is 8.75. The van der Waals surface area contributed by atoms with Crippen molar-refractivity contribution < 1.29 is 9.47 Å². The Morgan fingerprint density at radius 2 is 0.871 bits per heavy atom. The van der Waals surface area contributed by atoms with Crippen LogP contribution in [0.5, 0.6) is 0 Å². The van der Waals surface area contributed by atoms with E-state index in [1.807, 2.05) is 0 Å². The Morgan fingerprint density at radius 3 is 1.19 bits per heavy atom. The molecule has 0 fully saturated rings. The Bertz CT molecular complexity index is 449. The monoisotopic (exact) mass is 436 g/mol. The van der Waals surface area contributed by atoms with Gasteiger partial charge in [0.2, 0.25) is 0 Å². The molecule has 0 unspecified atom stereocenters. The third-order valence-corrected chi connectivity index (χ3v) is 5.96. The van der Waals surface area contributed by atoms with E-state index in [1.165, 1.54) is 96.3 Å². The zero-order valence-electron chi connectivity index (χ0n) is 21.0. The zero-order valence-corrected chi connectivity index (χ0v) is 21.0. The molecular formula is C27H52N2O2. The number of hydrogen-bond donors (Lipinski definition) is 0. The number of hydrogen-bond acceptors (Lipinski definition) is 4. The highest BCUT2D eigenvalue weighted by Crippen LogP contribution is 2.12. The van der Waals surface area contributed by atoms with Crippen molar-refractivity contribution in [3.8, 4) is 0 Å². The molecule has 0 N–H and O–H groups in total. The third-order valence-electron chi connectivity index (χ3n) is 5.96. The molecule has 4 nitrogen and oxygen atoms in total. The number of ether oxygens (including phenoxy) is 2. The summed E-state index contributed by atoms with van der Waals surface area (Å²) in [5.74, 6) is 2.02. The van der Waals surface area contributed by atoms with Crippen LogP contribution in [0.15, 0.2) is 9.98 Å². The van der Waals surface area contributed by atoms with E-state index in [2.05, 4.69) is 23.8 Å². The van der Waals surface area contributed by atoms with E-state index >= 15 is 0 Å². The van der Waals surface area contributed by atoms with Crippen molar-refractivity contribution in [1.82, 2.24) is 0 Å². The highest BCUT2D eigenvalue weighted by molar-refractivity contribution is 5.76. The predicted molar refractivity (Wildman–Crippen MR) is 136 cm³/mol. The van der Waals surface area contributed by atoms with Crippen molar-refractivity contribution in [3.63, 3.8) is 0 Å². The van der Waals surface area contributed by atoms with E-state index in [0.29, 0.717) is 0 Å². The summed E-state index contributed by atoms with van der Waals surface area (Å²) in [7, 11) is 0. The van der Waals surface area contributed by atoms with Crippen molar-refractivity contribution in [1.29, 1.82) is 0 Å². The van der Waals surface area contributed by atoms with Gasteiger partial charge in [0, 0.05) is 38.8 Å². The van der Waals surface area contributed by atoms with E-state index in [4.69, 9.17) is 9.47 Å². The van der Waals surface area contributed by atoms with Gasteiger partial charge in [-0.2, -0.15) is 0 Å². The first-order valence-electron chi connectivity index (χ1n) is 13.7. The normalized spacial score (nSPS) is 15.8. The average molecular weight is 437 g/mol. The van der Waals surface area contributed by atoms with Crippen molar-refractivity contribution >= 4 is 11.8 Å². The molecule has 0 aromatic carbocycles. The Morgan fingerprint density at radius 1 is 0.516 bits per heavy atom. The Labute approximate surface area is 193 Å². The van der Waals surface area contributed by atoms with Gasteiger partial charge >= 0.3 is 0 Å². The van der Waals surface area contributed by atoms with Crippen LogP contribution in [-0.4, -0.2) is 38.1 Å². The molecule has 2 aliphatic heterocycles. The second kappa shape index (κ2) is 22.1. The van der Waals surface area contributed by atoms with Crippen LogP contribution >= 0.6 is 0 Å². The van der Waals surface area contributed by atoms with Gasteiger partial charge in [-0.1, -0.05) is 97.3 Å². The van der Waals surface area contributed by atoms with Gasteiger partial charge < -0.3 is 9.47 Å². The summed E-state index contributed by atoms with van der Waals surface area (Å²) in [6, 6.07) is 0. The predicted octanol–water partition coefficient (Wildman–Crippen LogP) is 8.28. The van der Waals surface area contributed by atoms with Gasteiger partial charge in [-0.05, 0) is 12.8 Å². The van der Waals surface area contributed by atoms with Crippen LogP contribution < -0.4 is 0 Å². The lowest BCUT2D eigenvalue weighted by molar-refractivity contribution is 0.272. The van der Waals surface area contributed by atoms with E-state index in [1.54, 1.807) is 0 Å². The molecular weight excluding hydrogens is 384 g/mol. The van der Waals surface area contributed by atoms with E-state index in [0.717, 1.165) is 63.8 Å². The molecule has 0 bridgehead atoms. The summed E-state index contributed by atoms with van der Waals surface area (Å²) >= 11 is 0. The smallest absolute Gasteiger partial charge is 0.183 e. The Balaban J connectivity index is 0.000000311. The van der Waals surface area contributed by atoms with Crippen molar-refractivity contribution in [2.45, 2.75) is 136 Å². The lowest BCUT2D eigenvalue weighted by Crippen LogP contribution is -2.13. The van der Waals surface area contributed by atoms with Gasteiger partial charge in [-0.15, -0.1) is 0 Å². The first-order valence-corrected chi connectivity index (χ1v) is 13.7. The minimum Gasteiger partial charge on any atom is -0.481 e. The van der Waals surface area contributed by atoms with E-state index in [9.17, 15) is 0 Å². The molecule has 2 heterocycles. The lowest BCUT2D eigenvalue weighted by Gasteiger charge is -2.13. The first-order chi connectivity index (χ1) is 15.4. The van der Waals surface area contributed by atoms with Crippen molar-refractivity contribution in [3.05, 3.63) is 0 Å². The molecule has 31 heavy (non-hydrogen) atoms. The highest BCUT2D eigenvalue weighted by atomic mass is 16.5. The van der Waals surface area contributed by atoms with Crippen LogP contribution in [0.25, 0.3) is 0 Å². The maximum absolute atomic E-state index is 5.49. The van der Waals surface area contributed by atoms with Gasteiger partial charge in [-0.3, -0.25) is 9.98 Å². The summed E-state index contributed by atoms with van der Waals surface area (Å²) < 4.78 is 11.0. The van der Waals surface area contributed by atoms with E-state index < -0.39 is 0 Å². The van der Waals surface area contributed by atoms with Gasteiger partial charge in [0.05, 0.1) is 13.2 Å². The van der Waals surface area contributed by atoms with Crippen molar-refractivity contribution in [2.24, 2.45) is 9.98 Å². The molecule has 0 saturated carbocycles. The molecule has 0 aliphatic carbocycles. The molecule has 0 aromatic heterocycles. The molecule has 182 valence electrons. The third kappa shape index (κ3) is 18.2. The fourth-order valence-electron chi connectivity index (χ4n) is 3.95. The number of nitrogens with zero attached hydrogens (tertiary/aromatic N) is 2. The molecule has 0 aromatic rings. The average Bonchev–Trinajstić information content (AvgIpc) is 2.82. The molecule has 2 aliphatic rings. The van der Waals surface area contributed by atoms with E-state index in [-0.39, 0.29) is 0 Å². The van der Waals surface area contributed by atoms with Gasteiger partial charge in [0.25, 0.3) is 0 Å². The lowest BCUT2D eigenvalue weighted by atomic mass is 10.1. The van der Waals surface area contributed by atoms with Crippen molar-refractivity contribution in [2.75, 3.05) is 26.3 Å². The van der Waals surface area contributed by atoms with Gasteiger partial charge in [-0.25, -0.2) is 0 Å². The number of rotatable bonds is 17.